The van der Waals surface area contributed by atoms with E-state index in [-0.39, 0.29) is 18.4 Å². The minimum Gasteiger partial charge on any atom is -0.368 e. The number of halogens is 1. The molecule has 0 spiro atoms. The van der Waals surface area contributed by atoms with Crippen LogP contribution in [0.25, 0.3) is 11.3 Å². The highest BCUT2D eigenvalue weighted by atomic mass is 19.1. The Morgan fingerprint density at radius 2 is 2.30 bits per heavy atom. The van der Waals surface area contributed by atoms with Crippen LogP contribution in [0.15, 0.2) is 30.7 Å². The predicted molar refractivity (Wildman–Crippen MR) is 91.7 cm³/mol. The summed E-state index contributed by atoms with van der Waals surface area (Å²) < 4.78 is 22.2. The van der Waals surface area contributed by atoms with Crippen LogP contribution in [0.3, 0.4) is 0 Å². The lowest BCUT2D eigenvalue weighted by atomic mass is 10.2. The summed E-state index contributed by atoms with van der Waals surface area (Å²) in [6.07, 6.45) is 4.60. The van der Waals surface area contributed by atoms with E-state index in [1.54, 1.807) is 15.6 Å². The first-order chi connectivity index (χ1) is 13.1. The summed E-state index contributed by atoms with van der Waals surface area (Å²) in [7, 11) is 1.84. The standard InChI is InChI=1S/C17H18FN7O2/c1-24-8-11(5-21-24)17-15-10-27-14(9-25(15)23-22-17)7-20-16(26)4-13-3-2-12(18)6-19-13/h2-3,5-6,8,14H,4,7,9-10H2,1H3,(H,20,26). The van der Waals surface area contributed by atoms with Crippen LogP contribution in [-0.4, -0.2) is 48.3 Å². The predicted octanol–water partition coefficient (Wildman–Crippen LogP) is 0.470. The number of amides is 1. The number of aromatic nitrogens is 6. The van der Waals surface area contributed by atoms with Gasteiger partial charge in [-0.2, -0.15) is 5.10 Å². The molecule has 1 N–H and O–H groups in total. The van der Waals surface area contributed by atoms with E-state index in [2.05, 4.69) is 25.7 Å². The summed E-state index contributed by atoms with van der Waals surface area (Å²) in [5.74, 6) is -0.623. The lowest BCUT2D eigenvalue weighted by Gasteiger charge is -2.24. The molecule has 1 aliphatic rings. The molecule has 10 heteroatoms. The maximum Gasteiger partial charge on any atom is 0.226 e. The molecule has 4 heterocycles. The summed E-state index contributed by atoms with van der Waals surface area (Å²) in [4.78, 5) is 15.9. The highest BCUT2D eigenvalue weighted by Crippen LogP contribution is 2.24. The molecule has 0 saturated heterocycles. The quantitative estimate of drug-likeness (QED) is 0.700. The van der Waals surface area contributed by atoms with Gasteiger partial charge >= 0.3 is 0 Å². The van der Waals surface area contributed by atoms with E-state index in [1.807, 2.05) is 13.2 Å². The minimum atomic E-state index is -0.427. The number of rotatable bonds is 5. The molecule has 9 nitrogen and oxygen atoms in total. The van der Waals surface area contributed by atoms with Crippen molar-refractivity contribution in [2.45, 2.75) is 25.7 Å². The molecule has 27 heavy (non-hydrogen) atoms. The van der Waals surface area contributed by atoms with Crippen molar-refractivity contribution in [3.05, 3.63) is 47.9 Å². The topological polar surface area (TPSA) is 99.8 Å². The second kappa shape index (κ2) is 7.23. The Labute approximate surface area is 154 Å². The molecule has 1 aliphatic heterocycles. The average Bonchev–Trinajstić information content (AvgIpc) is 3.27. The van der Waals surface area contributed by atoms with Gasteiger partial charge in [0.15, 0.2) is 0 Å². The van der Waals surface area contributed by atoms with Crippen LogP contribution >= 0.6 is 0 Å². The molecule has 140 valence electrons. The third-order valence-electron chi connectivity index (χ3n) is 4.31. The molecule has 0 aliphatic carbocycles. The van der Waals surface area contributed by atoms with Crippen LogP contribution in [0.4, 0.5) is 4.39 Å². The minimum absolute atomic E-state index is 0.0900. The fraction of sp³-hybridized carbons (Fsp3) is 0.353. The summed E-state index contributed by atoms with van der Waals surface area (Å²) in [6, 6.07) is 2.78. The van der Waals surface area contributed by atoms with Crippen molar-refractivity contribution in [1.29, 1.82) is 0 Å². The Kier molecular flexibility index (Phi) is 4.63. The molecule has 0 radical (unpaired) electrons. The number of fused-ring (bicyclic) bond motifs is 1. The number of pyridine rings is 1. The monoisotopic (exact) mass is 371 g/mol. The first-order valence-electron chi connectivity index (χ1n) is 8.48. The summed E-state index contributed by atoms with van der Waals surface area (Å²) >= 11 is 0. The van der Waals surface area contributed by atoms with Crippen molar-refractivity contribution in [3.8, 4) is 11.3 Å². The SMILES string of the molecule is Cn1cc(-c2nnn3c2COC(CNC(=O)Cc2ccc(F)cn2)C3)cn1. The van der Waals surface area contributed by atoms with Gasteiger partial charge in [0.25, 0.3) is 0 Å². The van der Waals surface area contributed by atoms with Crippen molar-refractivity contribution in [2.24, 2.45) is 7.05 Å². The zero-order chi connectivity index (χ0) is 18.8. The zero-order valence-corrected chi connectivity index (χ0v) is 14.7. The van der Waals surface area contributed by atoms with Gasteiger partial charge in [-0.05, 0) is 12.1 Å². The van der Waals surface area contributed by atoms with Crippen LogP contribution in [0.1, 0.15) is 11.4 Å². The molecule has 3 aromatic rings. The molecule has 4 rings (SSSR count). The average molecular weight is 371 g/mol. The van der Waals surface area contributed by atoms with E-state index in [9.17, 15) is 9.18 Å². The summed E-state index contributed by atoms with van der Waals surface area (Å²) in [5, 5.41) is 15.4. The molecule has 1 unspecified atom stereocenters. The van der Waals surface area contributed by atoms with Gasteiger partial charge in [-0.15, -0.1) is 5.10 Å². The second-order valence-electron chi connectivity index (χ2n) is 6.35. The first-order valence-corrected chi connectivity index (χ1v) is 8.48. The van der Waals surface area contributed by atoms with Gasteiger partial charge in [0.1, 0.15) is 11.5 Å². The van der Waals surface area contributed by atoms with Gasteiger partial charge in [-0.1, -0.05) is 5.21 Å². The number of hydrogen-bond donors (Lipinski definition) is 1. The van der Waals surface area contributed by atoms with Crippen molar-refractivity contribution in [2.75, 3.05) is 6.54 Å². The maximum absolute atomic E-state index is 12.8. The Morgan fingerprint density at radius 1 is 1.41 bits per heavy atom. The van der Waals surface area contributed by atoms with Gasteiger partial charge in [-0.3, -0.25) is 14.5 Å². The van der Waals surface area contributed by atoms with Gasteiger partial charge in [-0.25, -0.2) is 9.07 Å². The lowest BCUT2D eigenvalue weighted by Crippen LogP contribution is -2.39. The van der Waals surface area contributed by atoms with Crippen molar-refractivity contribution >= 4 is 5.91 Å². The number of nitrogens with one attached hydrogen (secondary N) is 1. The first kappa shape index (κ1) is 17.3. The summed E-state index contributed by atoms with van der Waals surface area (Å²) in [5.41, 5.74) is 3.05. The van der Waals surface area contributed by atoms with Crippen LogP contribution in [0, 0.1) is 5.82 Å². The molecule has 1 amide bonds. The van der Waals surface area contributed by atoms with E-state index >= 15 is 0 Å². The lowest BCUT2D eigenvalue weighted by molar-refractivity contribution is -0.121. The molecule has 0 bridgehead atoms. The Balaban J connectivity index is 1.33. The van der Waals surface area contributed by atoms with Gasteiger partial charge in [0.05, 0.1) is 43.8 Å². The van der Waals surface area contributed by atoms with E-state index in [0.29, 0.717) is 25.4 Å². The Morgan fingerprint density at radius 3 is 3.04 bits per heavy atom. The van der Waals surface area contributed by atoms with Crippen LogP contribution in [0.2, 0.25) is 0 Å². The normalized spacial score (nSPS) is 16.1. The van der Waals surface area contributed by atoms with Crippen LogP contribution in [-0.2, 0) is 36.2 Å². The fourth-order valence-corrected chi connectivity index (χ4v) is 2.92. The largest absolute Gasteiger partial charge is 0.368 e. The number of carbonyl (C=O) groups excluding carboxylic acids is 1. The van der Waals surface area contributed by atoms with Crippen molar-refractivity contribution in [1.82, 2.24) is 35.1 Å². The molecule has 1 atom stereocenters. The van der Waals surface area contributed by atoms with E-state index < -0.39 is 5.82 Å². The second-order valence-corrected chi connectivity index (χ2v) is 6.35. The highest BCUT2D eigenvalue weighted by Gasteiger charge is 2.25. The number of nitrogens with zero attached hydrogens (tertiary/aromatic N) is 6. The third kappa shape index (κ3) is 3.85. The number of hydrogen-bond acceptors (Lipinski definition) is 6. The molecule has 0 fully saturated rings. The highest BCUT2D eigenvalue weighted by molar-refractivity contribution is 5.78. The number of ether oxygens (including phenoxy) is 1. The molecule has 0 aromatic carbocycles. The van der Waals surface area contributed by atoms with E-state index in [1.165, 1.54) is 12.1 Å². The summed E-state index contributed by atoms with van der Waals surface area (Å²) in [6.45, 7) is 1.20. The van der Waals surface area contributed by atoms with Gasteiger partial charge < -0.3 is 10.1 Å². The smallest absolute Gasteiger partial charge is 0.226 e. The van der Waals surface area contributed by atoms with Crippen LogP contribution in [0.5, 0.6) is 0 Å². The maximum atomic E-state index is 12.8. The van der Waals surface area contributed by atoms with E-state index in [0.717, 1.165) is 23.1 Å². The molecular formula is C17H18FN7O2. The van der Waals surface area contributed by atoms with E-state index in [4.69, 9.17) is 4.74 Å². The zero-order valence-electron chi connectivity index (χ0n) is 14.7. The number of aryl methyl sites for hydroxylation is 1. The number of carbonyl (C=O) groups is 1. The Bertz CT molecular complexity index is 951. The molecule has 3 aromatic heterocycles. The van der Waals surface area contributed by atoms with Crippen molar-refractivity contribution in [3.63, 3.8) is 0 Å². The molecule has 0 saturated carbocycles. The van der Waals surface area contributed by atoms with Gasteiger partial charge in [0.2, 0.25) is 5.91 Å². The Hall–Kier alpha value is -3.14. The van der Waals surface area contributed by atoms with Gasteiger partial charge in [0, 0.05) is 31.0 Å². The third-order valence-corrected chi connectivity index (χ3v) is 4.31. The molecular weight excluding hydrogens is 353 g/mol. The van der Waals surface area contributed by atoms with Crippen molar-refractivity contribution < 1.29 is 13.9 Å². The van der Waals surface area contributed by atoms with Crippen LogP contribution < -0.4 is 5.32 Å². The fourth-order valence-electron chi connectivity index (χ4n) is 2.92.